The number of benzene rings is 1. The summed E-state index contributed by atoms with van der Waals surface area (Å²) in [6.07, 6.45) is 1.67. The Morgan fingerprint density at radius 2 is 2.09 bits per heavy atom. The van der Waals surface area contributed by atoms with E-state index in [1.165, 1.54) is 36.1 Å². The molecule has 164 valence electrons. The van der Waals surface area contributed by atoms with E-state index in [1.807, 2.05) is 13.8 Å². The van der Waals surface area contributed by atoms with Crippen LogP contribution in [0.4, 0.5) is 5.69 Å². The van der Waals surface area contributed by atoms with Crippen molar-refractivity contribution in [1.82, 2.24) is 9.55 Å². The average molecular weight is 468 g/mol. The molecule has 0 aliphatic carbocycles. The van der Waals surface area contributed by atoms with Gasteiger partial charge in [0.25, 0.3) is 5.56 Å². The number of rotatable bonds is 6. The number of thiophene rings is 1. The molecule has 0 aliphatic heterocycles. The molecule has 32 heavy (non-hydrogen) atoms. The van der Waals surface area contributed by atoms with E-state index < -0.39 is 5.63 Å². The molecule has 0 atom stereocenters. The van der Waals surface area contributed by atoms with Crippen molar-refractivity contribution in [2.75, 3.05) is 5.32 Å². The van der Waals surface area contributed by atoms with Crippen LogP contribution < -0.4 is 16.5 Å². The highest BCUT2D eigenvalue weighted by Crippen LogP contribution is 2.31. The normalized spacial score (nSPS) is 11.2. The quantitative estimate of drug-likeness (QED) is 0.192. The number of carbonyl (C=O) groups is 1. The molecule has 0 unspecified atom stereocenters. The fourth-order valence-electron chi connectivity index (χ4n) is 3.48. The van der Waals surface area contributed by atoms with E-state index in [0.717, 1.165) is 21.4 Å². The summed E-state index contributed by atoms with van der Waals surface area (Å²) in [5.41, 5.74) is 2.08. The maximum absolute atomic E-state index is 13.1. The lowest BCUT2D eigenvalue weighted by atomic mass is 10.1. The monoisotopic (exact) mass is 467 g/mol. The van der Waals surface area contributed by atoms with Gasteiger partial charge in [0, 0.05) is 47.3 Å². The number of amides is 1. The third-order valence-corrected chi connectivity index (χ3v) is 7.20. The van der Waals surface area contributed by atoms with Crippen LogP contribution in [0.3, 0.4) is 0 Å². The highest BCUT2D eigenvalue weighted by atomic mass is 32.2. The lowest BCUT2D eigenvalue weighted by molar-refractivity contribution is -0.114. The van der Waals surface area contributed by atoms with Crippen molar-refractivity contribution in [3.8, 4) is 0 Å². The van der Waals surface area contributed by atoms with Gasteiger partial charge in [0.05, 0.1) is 5.39 Å². The summed E-state index contributed by atoms with van der Waals surface area (Å²) in [6, 6.07) is 6.63. The van der Waals surface area contributed by atoms with Crippen molar-refractivity contribution in [3.63, 3.8) is 0 Å². The second-order valence-corrected chi connectivity index (χ2v) is 9.48. The average Bonchev–Trinajstić information content (AvgIpc) is 3.01. The number of anilines is 1. The van der Waals surface area contributed by atoms with E-state index >= 15 is 0 Å². The van der Waals surface area contributed by atoms with Gasteiger partial charge in [-0.05, 0) is 37.1 Å². The first-order valence-electron chi connectivity index (χ1n) is 9.87. The third-order valence-electron chi connectivity index (χ3n) is 5.07. The summed E-state index contributed by atoms with van der Waals surface area (Å²) < 4.78 is 6.95. The molecular formula is C23H21N3O4S2. The van der Waals surface area contributed by atoms with Gasteiger partial charge in [-0.25, -0.2) is 9.78 Å². The van der Waals surface area contributed by atoms with E-state index in [4.69, 9.17) is 9.40 Å². The van der Waals surface area contributed by atoms with Crippen LogP contribution in [-0.4, -0.2) is 15.5 Å². The van der Waals surface area contributed by atoms with E-state index in [0.29, 0.717) is 38.9 Å². The van der Waals surface area contributed by atoms with Gasteiger partial charge in [0.1, 0.15) is 10.4 Å². The second-order valence-electron chi connectivity index (χ2n) is 7.33. The lowest BCUT2D eigenvalue weighted by Crippen LogP contribution is -2.22. The molecule has 0 spiro atoms. The van der Waals surface area contributed by atoms with Crippen LogP contribution in [0.2, 0.25) is 0 Å². The van der Waals surface area contributed by atoms with Crippen molar-refractivity contribution >= 4 is 55.9 Å². The van der Waals surface area contributed by atoms with Gasteiger partial charge in [-0.15, -0.1) is 17.9 Å². The highest BCUT2D eigenvalue weighted by molar-refractivity contribution is 7.98. The Morgan fingerprint density at radius 1 is 1.31 bits per heavy atom. The van der Waals surface area contributed by atoms with Gasteiger partial charge in [-0.1, -0.05) is 17.8 Å². The molecule has 0 fully saturated rings. The number of aryl methyl sites for hydroxylation is 2. The first kappa shape index (κ1) is 22.0. The van der Waals surface area contributed by atoms with Crippen molar-refractivity contribution in [2.24, 2.45) is 0 Å². The largest absolute Gasteiger partial charge is 0.423 e. The number of thioether (sulfide) groups is 1. The van der Waals surface area contributed by atoms with Crippen LogP contribution in [0.25, 0.3) is 21.2 Å². The maximum Gasteiger partial charge on any atom is 0.336 e. The molecule has 3 heterocycles. The van der Waals surface area contributed by atoms with Crippen molar-refractivity contribution in [2.45, 2.75) is 38.2 Å². The Kier molecular flexibility index (Phi) is 6.03. The summed E-state index contributed by atoms with van der Waals surface area (Å²) in [4.78, 5) is 43.1. The van der Waals surface area contributed by atoms with Crippen LogP contribution in [-0.2, 0) is 17.1 Å². The molecule has 0 saturated carbocycles. The molecular weight excluding hydrogens is 446 g/mol. The summed E-state index contributed by atoms with van der Waals surface area (Å²) in [5.74, 6) is 0.208. The Bertz CT molecular complexity index is 1500. The molecule has 7 nitrogen and oxygen atoms in total. The van der Waals surface area contributed by atoms with Gasteiger partial charge in [-0.2, -0.15) is 0 Å². The summed E-state index contributed by atoms with van der Waals surface area (Å²) in [5, 5.41) is 4.66. The predicted octanol–water partition coefficient (Wildman–Crippen LogP) is 4.62. The zero-order valence-electron chi connectivity index (χ0n) is 17.9. The first-order valence-corrected chi connectivity index (χ1v) is 11.7. The topological polar surface area (TPSA) is 94.2 Å². The molecule has 0 saturated heterocycles. The van der Waals surface area contributed by atoms with Crippen LogP contribution in [0.1, 0.15) is 22.9 Å². The SMILES string of the molecule is C=CCn1c(SCc2cc(=O)oc3cc(NC(C)=O)ccc23)nc2sc(C)c(C)c2c1=O. The van der Waals surface area contributed by atoms with Gasteiger partial charge in [0.2, 0.25) is 5.91 Å². The van der Waals surface area contributed by atoms with Crippen molar-refractivity contribution in [3.05, 3.63) is 73.7 Å². The number of nitrogens with one attached hydrogen (secondary N) is 1. The van der Waals surface area contributed by atoms with E-state index in [-0.39, 0.29) is 11.5 Å². The number of hydrogen-bond acceptors (Lipinski definition) is 7. The fourth-order valence-corrected chi connectivity index (χ4v) is 5.55. The molecule has 1 aromatic carbocycles. The van der Waals surface area contributed by atoms with Crippen LogP contribution in [0, 0.1) is 13.8 Å². The summed E-state index contributed by atoms with van der Waals surface area (Å²) in [7, 11) is 0. The minimum Gasteiger partial charge on any atom is -0.423 e. The maximum atomic E-state index is 13.1. The molecule has 4 rings (SSSR count). The van der Waals surface area contributed by atoms with Crippen LogP contribution >= 0.6 is 23.1 Å². The van der Waals surface area contributed by atoms with Crippen molar-refractivity contribution in [1.29, 1.82) is 0 Å². The van der Waals surface area contributed by atoms with Gasteiger partial charge in [0.15, 0.2) is 5.16 Å². The Morgan fingerprint density at radius 3 is 2.81 bits per heavy atom. The minimum absolute atomic E-state index is 0.0865. The zero-order chi connectivity index (χ0) is 23.0. The molecule has 1 N–H and O–H groups in total. The first-order chi connectivity index (χ1) is 15.3. The molecule has 4 aromatic rings. The second kappa shape index (κ2) is 8.76. The van der Waals surface area contributed by atoms with Gasteiger partial charge < -0.3 is 9.73 Å². The minimum atomic E-state index is -0.482. The summed E-state index contributed by atoms with van der Waals surface area (Å²) >= 11 is 2.89. The Hall–Kier alpha value is -3.17. The lowest BCUT2D eigenvalue weighted by Gasteiger charge is -2.11. The molecule has 9 heteroatoms. The number of nitrogens with zero attached hydrogens (tertiary/aromatic N) is 2. The van der Waals surface area contributed by atoms with Gasteiger partial charge in [-0.3, -0.25) is 14.2 Å². The zero-order valence-corrected chi connectivity index (χ0v) is 19.5. The Labute approximate surface area is 191 Å². The molecule has 0 radical (unpaired) electrons. The molecule has 3 aromatic heterocycles. The van der Waals surface area contributed by atoms with E-state index in [2.05, 4.69) is 11.9 Å². The Balaban J connectivity index is 1.75. The molecule has 1 amide bonds. The fraction of sp³-hybridized carbons (Fsp3) is 0.217. The highest BCUT2D eigenvalue weighted by Gasteiger charge is 2.17. The third kappa shape index (κ3) is 4.13. The predicted molar refractivity (Wildman–Crippen MR) is 130 cm³/mol. The van der Waals surface area contributed by atoms with Crippen molar-refractivity contribution < 1.29 is 9.21 Å². The van der Waals surface area contributed by atoms with E-state index in [1.54, 1.807) is 28.8 Å². The number of hydrogen-bond donors (Lipinski definition) is 1. The standard InChI is InChI=1S/C23H21N3O4S2/c1-5-8-26-22(29)20-12(2)13(3)32-21(20)25-23(26)31-11-15-9-19(28)30-18-10-16(24-14(4)27)6-7-17(15)18/h5-7,9-10H,1,8,11H2,2-4H3,(H,24,27). The molecule has 0 bridgehead atoms. The molecule has 0 aliphatic rings. The van der Waals surface area contributed by atoms with E-state index in [9.17, 15) is 14.4 Å². The number of fused-ring (bicyclic) bond motifs is 2. The van der Waals surface area contributed by atoms with Crippen LogP contribution in [0.15, 0.2) is 56.1 Å². The summed E-state index contributed by atoms with van der Waals surface area (Å²) in [6.45, 7) is 9.44. The number of allylic oxidation sites excluding steroid dienone is 1. The number of carbonyl (C=O) groups excluding carboxylic acids is 1. The van der Waals surface area contributed by atoms with Crippen LogP contribution in [0.5, 0.6) is 0 Å². The smallest absolute Gasteiger partial charge is 0.336 e. The number of aromatic nitrogens is 2. The van der Waals surface area contributed by atoms with Gasteiger partial charge >= 0.3 is 5.63 Å².